The molecule has 136 valence electrons. The maximum Gasteiger partial charge on any atom is 0.295 e. The van der Waals surface area contributed by atoms with Gasteiger partial charge in [0.25, 0.3) is 5.69 Å². The molecule has 1 aromatic rings. The van der Waals surface area contributed by atoms with Crippen molar-refractivity contribution in [2.24, 2.45) is 0 Å². The fraction of sp³-hybridized carbons (Fsp3) is 0.588. The molecular weight excluding hydrogens is 325 g/mol. The average molecular weight is 349 g/mol. The predicted octanol–water partition coefficient (Wildman–Crippen LogP) is 2.62. The molecule has 0 bridgehead atoms. The molecule has 0 aromatic heterocycles. The molecule has 25 heavy (non-hydrogen) atoms. The Morgan fingerprint density at radius 2 is 1.92 bits per heavy atom. The molecule has 1 aliphatic rings. The highest BCUT2D eigenvalue weighted by Gasteiger charge is 2.27. The SMILES string of the molecule is CCN(CC)c1cc(N2CCN(CCC#N)CC2)c([N+](=O)[O-])cc1F. The van der Waals surface area contributed by atoms with Crippen LogP contribution in [0.1, 0.15) is 20.3 Å². The van der Waals surface area contributed by atoms with Crippen LogP contribution >= 0.6 is 0 Å². The lowest BCUT2D eigenvalue weighted by Gasteiger charge is -2.36. The number of nitro groups is 1. The van der Waals surface area contributed by atoms with Gasteiger partial charge in [-0.25, -0.2) is 4.39 Å². The number of benzene rings is 1. The minimum Gasteiger partial charge on any atom is -0.370 e. The van der Waals surface area contributed by atoms with E-state index in [-0.39, 0.29) is 5.69 Å². The maximum absolute atomic E-state index is 14.4. The van der Waals surface area contributed by atoms with Crippen molar-refractivity contribution in [2.75, 3.05) is 55.6 Å². The summed E-state index contributed by atoms with van der Waals surface area (Å²) in [6.45, 7) is 8.54. The Hall–Kier alpha value is -2.40. The van der Waals surface area contributed by atoms with Gasteiger partial charge >= 0.3 is 0 Å². The number of anilines is 2. The number of nitrogens with zero attached hydrogens (tertiary/aromatic N) is 5. The zero-order valence-corrected chi connectivity index (χ0v) is 14.7. The summed E-state index contributed by atoms with van der Waals surface area (Å²) in [4.78, 5) is 16.8. The molecule has 1 aromatic carbocycles. The van der Waals surface area contributed by atoms with Gasteiger partial charge in [0.05, 0.1) is 22.7 Å². The quantitative estimate of drug-likeness (QED) is 0.556. The molecule has 0 amide bonds. The Balaban J connectivity index is 2.28. The Morgan fingerprint density at radius 3 is 2.44 bits per heavy atom. The van der Waals surface area contributed by atoms with Crippen LogP contribution < -0.4 is 9.80 Å². The maximum atomic E-state index is 14.4. The molecule has 7 nitrogen and oxygen atoms in total. The lowest BCUT2D eigenvalue weighted by Crippen LogP contribution is -2.46. The third-order valence-corrected chi connectivity index (χ3v) is 4.60. The Kier molecular flexibility index (Phi) is 6.53. The summed E-state index contributed by atoms with van der Waals surface area (Å²) < 4.78 is 14.4. The molecule has 1 heterocycles. The molecule has 0 radical (unpaired) electrons. The van der Waals surface area contributed by atoms with Crippen molar-refractivity contribution < 1.29 is 9.31 Å². The first kappa shape index (κ1) is 18.9. The second-order valence-corrected chi connectivity index (χ2v) is 5.96. The first-order valence-electron chi connectivity index (χ1n) is 8.58. The fourth-order valence-corrected chi connectivity index (χ4v) is 3.17. The van der Waals surface area contributed by atoms with Gasteiger partial charge in [0.15, 0.2) is 5.82 Å². The van der Waals surface area contributed by atoms with Crippen LogP contribution in [0.5, 0.6) is 0 Å². The number of nitro benzene ring substituents is 1. The van der Waals surface area contributed by atoms with Crippen molar-refractivity contribution in [3.05, 3.63) is 28.1 Å². The van der Waals surface area contributed by atoms with Crippen LogP contribution in [0.25, 0.3) is 0 Å². The third kappa shape index (κ3) is 4.37. The molecule has 0 unspecified atom stereocenters. The number of rotatable bonds is 7. The van der Waals surface area contributed by atoms with E-state index in [0.717, 1.165) is 19.2 Å². The smallest absolute Gasteiger partial charge is 0.295 e. The number of nitriles is 1. The standard InChI is InChI=1S/C17H24FN5O2/c1-3-21(4-2)15-13-16(17(23(24)25)12-14(15)18)22-10-8-20(9-11-22)7-5-6-19/h12-13H,3-5,7-11H2,1-2H3. The van der Waals surface area contributed by atoms with Crippen LogP contribution in [0.3, 0.4) is 0 Å². The van der Waals surface area contributed by atoms with Gasteiger partial charge in [-0.3, -0.25) is 15.0 Å². The summed E-state index contributed by atoms with van der Waals surface area (Å²) in [6, 6.07) is 4.76. The van der Waals surface area contributed by atoms with E-state index in [2.05, 4.69) is 11.0 Å². The van der Waals surface area contributed by atoms with Crippen molar-refractivity contribution in [3.8, 4) is 6.07 Å². The van der Waals surface area contributed by atoms with E-state index in [9.17, 15) is 14.5 Å². The first-order valence-corrected chi connectivity index (χ1v) is 8.58. The van der Waals surface area contributed by atoms with Crippen molar-refractivity contribution >= 4 is 17.1 Å². The highest BCUT2D eigenvalue weighted by Crippen LogP contribution is 2.35. The predicted molar refractivity (Wildman–Crippen MR) is 95.5 cm³/mol. The monoisotopic (exact) mass is 349 g/mol. The van der Waals surface area contributed by atoms with Crippen LogP contribution in [0, 0.1) is 27.3 Å². The molecule has 0 spiro atoms. The second kappa shape index (κ2) is 8.62. The van der Waals surface area contributed by atoms with Gasteiger partial charge in [-0.1, -0.05) is 0 Å². The van der Waals surface area contributed by atoms with Gasteiger partial charge in [0.1, 0.15) is 5.69 Å². The van der Waals surface area contributed by atoms with E-state index in [0.29, 0.717) is 50.5 Å². The molecular formula is C17H24FN5O2. The van der Waals surface area contributed by atoms with E-state index < -0.39 is 10.7 Å². The van der Waals surface area contributed by atoms with Crippen LogP contribution in [-0.4, -0.2) is 55.6 Å². The lowest BCUT2D eigenvalue weighted by atomic mass is 10.1. The minimum atomic E-state index is -0.563. The third-order valence-electron chi connectivity index (χ3n) is 4.60. The zero-order chi connectivity index (χ0) is 18.4. The Morgan fingerprint density at radius 1 is 1.28 bits per heavy atom. The summed E-state index contributed by atoms with van der Waals surface area (Å²) >= 11 is 0. The largest absolute Gasteiger partial charge is 0.370 e. The summed E-state index contributed by atoms with van der Waals surface area (Å²) in [5.74, 6) is -0.563. The van der Waals surface area contributed by atoms with Crippen LogP contribution in [0.2, 0.25) is 0 Å². The highest BCUT2D eigenvalue weighted by atomic mass is 19.1. The fourth-order valence-electron chi connectivity index (χ4n) is 3.17. The van der Waals surface area contributed by atoms with Gasteiger partial charge in [-0.15, -0.1) is 0 Å². The molecule has 0 aliphatic carbocycles. The van der Waals surface area contributed by atoms with E-state index in [1.807, 2.05) is 23.6 Å². The molecule has 8 heteroatoms. The average Bonchev–Trinajstić information content (AvgIpc) is 2.62. The van der Waals surface area contributed by atoms with E-state index in [1.54, 1.807) is 6.07 Å². The second-order valence-electron chi connectivity index (χ2n) is 5.96. The number of hydrogen-bond acceptors (Lipinski definition) is 6. The van der Waals surface area contributed by atoms with E-state index in [4.69, 9.17) is 5.26 Å². The molecule has 1 saturated heterocycles. The highest BCUT2D eigenvalue weighted by molar-refractivity contribution is 5.71. The number of piperazine rings is 1. The molecule has 2 rings (SSSR count). The zero-order valence-electron chi connectivity index (χ0n) is 14.7. The van der Waals surface area contributed by atoms with Crippen molar-refractivity contribution in [1.29, 1.82) is 5.26 Å². The van der Waals surface area contributed by atoms with Crippen LogP contribution in [0.4, 0.5) is 21.5 Å². The van der Waals surface area contributed by atoms with Gasteiger partial charge < -0.3 is 9.80 Å². The molecule has 1 aliphatic heterocycles. The van der Waals surface area contributed by atoms with Gasteiger partial charge in [-0.05, 0) is 19.9 Å². The summed E-state index contributed by atoms with van der Waals surface area (Å²) in [5.41, 5.74) is 0.671. The van der Waals surface area contributed by atoms with Crippen molar-refractivity contribution in [1.82, 2.24) is 4.90 Å². The number of halogens is 1. The first-order chi connectivity index (χ1) is 12.0. The van der Waals surface area contributed by atoms with E-state index in [1.165, 1.54) is 0 Å². The van der Waals surface area contributed by atoms with Gasteiger partial charge in [-0.2, -0.15) is 5.26 Å². The summed E-state index contributed by atoms with van der Waals surface area (Å²) in [6.07, 6.45) is 0.475. The van der Waals surface area contributed by atoms with Crippen molar-refractivity contribution in [2.45, 2.75) is 20.3 Å². The molecule has 0 N–H and O–H groups in total. The van der Waals surface area contributed by atoms with E-state index >= 15 is 0 Å². The number of hydrogen-bond donors (Lipinski definition) is 0. The summed E-state index contributed by atoms with van der Waals surface area (Å²) in [7, 11) is 0. The molecule has 1 fully saturated rings. The lowest BCUT2D eigenvalue weighted by molar-refractivity contribution is -0.384. The minimum absolute atomic E-state index is 0.195. The molecule has 0 saturated carbocycles. The Bertz CT molecular complexity index is 649. The summed E-state index contributed by atoms with van der Waals surface area (Å²) in [5, 5.41) is 20.1. The molecule has 0 atom stereocenters. The topological polar surface area (TPSA) is 76.6 Å². The van der Waals surface area contributed by atoms with Crippen LogP contribution in [-0.2, 0) is 0 Å². The normalized spacial score (nSPS) is 15.0. The van der Waals surface area contributed by atoms with Gasteiger partial charge in [0.2, 0.25) is 0 Å². The van der Waals surface area contributed by atoms with Crippen molar-refractivity contribution in [3.63, 3.8) is 0 Å². The Labute approximate surface area is 147 Å². The van der Waals surface area contributed by atoms with Crippen LogP contribution in [0.15, 0.2) is 12.1 Å². The van der Waals surface area contributed by atoms with Gasteiger partial charge in [0, 0.05) is 52.2 Å².